The van der Waals surface area contributed by atoms with Crippen LogP contribution in [-0.2, 0) is 6.54 Å². The van der Waals surface area contributed by atoms with Crippen molar-refractivity contribution in [3.63, 3.8) is 0 Å². The lowest BCUT2D eigenvalue weighted by Gasteiger charge is -2.23. The van der Waals surface area contributed by atoms with Gasteiger partial charge in [0.05, 0.1) is 0 Å². The van der Waals surface area contributed by atoms with Gasteiger partial charge in [0.2, 0.25) is 0 Å². The maximum absolute atomic E-state index is 9.10. The van der Waals surface area contributed by atoms with Crippen LogP contribution in [0.25, 0.3) is 0 Å². The van der Waals surface area contributed by atoms with E-state index in [1.165, 1.54) is 36.1 Å². The molecule has 2 aliphatic rings. The molecule has 0 bridgehead atoms. The van der Waals surface area contributed by atoms with Crippen LogP contribution in [0.3, 0.4) is 0 Å². The molecule has 3 heteroatoms. The topological polar surface area (TPSA) is 35.5 Å². The Labute approximate surface area is 122 Å². The molecule has 1 aromatic rings. The highest BCUT2D eigenvalue weighted by atomic mass is 16.3. The zero-order valence-corrected chi connectivity index (χ0v) is 12.4. The van der Waals surface area contributed by atoms with E-state index in [2.05, 4.69) is 35.3 Å². The minimum Gasteiger partial charge on any atom is -0.396 e. The predicted molar refractivity (Wildman–Crippen MR) is 83.1 cm³/mol. The third kappa shape index (κ3) is 3.33. The minimum atomic E-state index is 0.322. The molecule has 3 nitrogen and oxygen atoms in total. The number of aliphatic hydroxyl groups excluding tert-OH is 1. The molecular weight excluding hydrogens is 248 g/mol. The summed E-state index contributed by atoms with van der Waals surface area (Å²) in [4.78, 5) is 2.50. The molecule has 1 atom stereocenters. The SMILES string of the molecule is Cc1ccc(N2CCC(CCO)C2)c(CNC2CC2)c1. The van der Waals surface area contributed by atoms with Crippen molar-refractivity contribution in [3.05, 3.63) is 29.3 Å². The van der Waals surface area contributed by atoms with E-state index in [9.17, 15) is 0 Å². The monoisotopic (exact) mass is 274 g/mol. The van der Waals surface area contributed by atoms with Crippen molar-refractivity contribution >= 4 is 5.69 Å². The average Bonchev–Trinajstić information content (AvgIpc) is 3.16. The van der Waals surface area contributed by atoms with Crippen LogP contribution < -0.4 is 10.2 Å². The maximum atomic E-state index is 9.10. The average molecular weight is 274 g/mol. The quantitative estimate of drug-likeness (QED) is 0.836. The number of aryl methyl sites for hydroxylation is 1. The molecule has 1 unspecified atom stereocenters. The Bertz CT molecular complexity index is 456. The Kier molecular flexibility index (Phi) is 4.27. The number of rotatable bonds is 6. The number of benzene rings is 1. The van der Waals surface area contributed by atoms with E-state index in [1.54, 1.807) is 0 Å². The highest BCUT2D eigenvalue weighted by molar-refractivity contribution is 5.55. The summed E-state index contributed by atoms with van der Waals surface area (Å²) in [6, 6.07) is 7.57. The van der Waals surface area contributed by atoms with Gasteiger partial charge in [-0.3, -0.25) is 0 Å². The molecule has 0 spiro atoms. The number of aliphatic hydroxyl groups is 1. The van der Waals surface area contributed by atoms with Crippen LogP contribution in [-0.4, -0.2) is 30.8 Å². The molecule has 3 rings (SSSR count). The van der Waals surface area contributed by atoms with Gasteiger partial charge in [0.15, 0.2) is 0 Å². The fourth-order valence-corrected chi connectivity index (χ4v) is 3.18. The predicted octanol–water partition coefficient (Wildman–Crippen LogP) is 2.46. The number of nitrogens with one attached hydrogen (secondary N) is 1. The lowest BCUT2D eigenvalue weighted by atomic mass is 10.1. The summed E-state index contributed by atoms with van der Waals surface area (Å²) >= 11 is 0. The molecule has 1 aliphatic heterocycles. The fourth-order valence-electron chi connectivity index (χ4n) is 3.18. The Balaban J connectivity index is 1.70. The Hall–Kier alpha value is -1.06. The molecule has 2 fully saturated rings. The normalized spacial score (nSPS) is 22.5. The van der Waals surface area contributed by atoms with Crippen molar-refractivity contribution in [3.8, 4) is 0 Å². The van der Waals surface area contributed by atoms with Crippen LogP contribution in [0.5, 0.6) is 0 Å². The first-order valence-corrected chi connectivity index (χ1v) is 7.95. The summed E-state index contributed by atoms with van der Waals surface area (Å²) in [7, 11) is 0. The highest BCUT2D eigenvalue weighted by Crippen LogP contribution is 2.30. The number of hydrogen-bond acceptors (Lipinski definition) is 3. The van der Waals surface area contributed by atoms with Gasteiger partial charge in [-0.25, -0.2) is 0 Å². The van der Waals surface area contributed by atoms with E-state index in [1.807, 2.05) is 0 Å². The minimum absolute atomic E-state index is 0.322. The van der Waals surface area contributed by atoms with Crippen molar-refractivity contribution in [2.45, 2.75) is 45.2 Å². The molecule has 1 aliphatic carbocycles. The fraction of sp³-hybridized carbons (Fsp3) is 0.647. The molecule has 0 radical (unpaired) electrons. The van der Waals surface area contributed by atoms with Gasteiger partial charge in [-0.1, -0.05) is 17.7 Å². The third-order valence-electron chi connectivity index (χ3n) is 4.56. The summed E-state index contributed by atoms with van der Waals surface area (Å²) in [6.45, 7) is 5.71. The van der Waals surface area contributed by atoms with E-state index in [0.29, 0.717) is 12.5 Å². The lowest BCUT2D eigenvalue weighted by Crippen LogP contribution is -2.24. The van der Waals surface area contributed by atoms with Crippen LogP contribution in [0.1, 0.15) is 36.8 Å². The molecule has 0 amide bonds. The third-order valence-corrected chi connectivity index (χ3v) is 4.56. The number of nitrogens with zero attached hydrogens (tertiary/aromatic N) is 1. The van der Waals surface area contributed by atoms with E-state index >= 15 is 0 Å². The van der Waals surface area contributed by atoms with Crippen LogP contribution >= 0.6 is 0 Å². The molecule has 1 aromatic carbocycles. The summed E-state index contributed by atoms with van der Waals surface area (Å²) in [5, 5.41) is 12.7. The van der Waals surface area contributed by atoms with Crippen LogP contribution in [0.15, 0.2) is 18.2 Å². The Morgan fingerprint density at radius 3 is 2.90 bits per heavy atom. The zero-order valence-electron chi connectivity index (χ0n) is 12.4. The van der Waals surface area contributed by atoms with Gasteiger partial charge in [-0.15, -0.1) is 0 Å². The van der Waals surface area contributed by atoms with E-state index in [-0.39, 0.29) is 0 Å². The Morgan fingerprint density at radius 2 is 2.15 bits per heavy atom. The zero-order chi connectivity index (χ0) is 13.9. The molecule has 0 aromatic heterocycles. The highest BCUT2D eigenvalue weighted by Gasteiger charge is 2.25. The molecule has 1 saturated heterocycles. The molecule has 2 N–H and O–H groups in total. The second-order valence-corrected chi connectivity index (χ2v) is 6.40. The van der Waals surface area contributed by atoms with Crippen LogP contribution in [0.4, 0.5) is 5.69 Å². The van der Waals surface area contributed by atoms with Crippen LogP contribution in [0.2, 0.25) is 0 Å². The molecule has 20 heavy (non-hydrogen) atoms. The van der Waals surface area contributed by atoms with Crippen molar-refractivity contribution in [1.82, 2.24) is 5.32 Å². The maximum Gasteiger partial charge on any atom is 0.0434 e. The van der Waals surface area contributed by atoms with Gasteiger partial charge in [0.25, 0.3) is 0 Å². The first-order valence-electron chi connectivity index (χ1n) is 7.95. The summed E-state index contributed by atoms with van der Waals surface area (Å²) in [5.74, 6) is 0.658. The van der Waals surface area contributed by atoms with Gasteiger partial charge >= 0.3 is 0 Å². The van der Waals surface area contributed by atoms with Gasteiger partial charge < -0.3 is 15.3 Å². The lowest BCUT2D eigenvalue weighted by molar-refractivity contribution is 0.263. The second-order valence-electron chi connectivity index (χ2n) is 6.40. The molecule has 110 valence electrons. The summed E-state index contributed by atoms with van der Waals surface area (Å²) in [5.41, 5.74) is 4.16. The molecule has 1 heterocycles. The summed E-state index contributed by atoms with van der Waals surface area (Å²) in [6.07, 6.45) is 4.83. The second kappa shape index (κ2) is 6.15. The van der Waals surface area contributed by atoms with Gasteiger partial charge in [0.1, 0.15) is 0 Å². The van der Waals surface area contributed by atoms with E-state index in [0.717, 1.165) is 32.1 Å². The molecular formula is C17H26N2O. The summed E-state index contributed by atoms with van der Waals surface area (Å²) < 4.78 is 0. The van der Waals surface area contributed by atoms with E-state index < -0.39 is 0 Å². The van der Waals surface area contributed by atoms with Crippen molar-refractivity contribution in [2.24, 2.45) is 5.92 Å². The largest absolute Gasteiger partial charge is 0.396 e. The van der Waals surface area contributed by atoms with E-state index in [4.69, 9.17) is 5.11 Å². The standard InChI is InChI=1S/C17H26N2O/c1-13-2-5-17(15(10-13)11-18-16-3-4-16)19-8-6-14(12-19)7-9-20/h2,5,10,14,16,18,20H,3-4,6-9,11-12H2,1H3. The van der Waals surface area contributed by atoms with Crippen molar-refractivity contribution in [1.29, 1.82) is 0 Å². The first-order chi connectivity index (χ1) is 9.76. The van der Waals surface area contributed by atoms with Gasteiger partial charge in [0, 0.05) is 38.0 Å². The van der Waals surface area contributed by atoms with Gasteiger partial charge in [-0.05, 0) is 50.2 Å². The number of anilines is 1. The van der Waals surface area contributed by atoms with Crippen LogP contribution in [0, 0.1) is 12.8 Å². The molecule has 1 saturated carbocycles. The van der Waals surface area contributed by atoms with Gasteiger partial charge in [-0.2, -0.15) is 0 Å². The van der Waals surface area contributed by atoms with Crippen molar-refractivity contribution < 1.29 is 5.11 Å². The van der Waals surface area contributed by atoms with Crippen molar-refractivity contribution in [2.75, 3.05) is 24.6 Å². The Morgan fingerprint density at radius 1 is 1.30 bits per heavy atom. The number of hydrogen-bond donors (Lipinski definition) is 2. The smallest absolute Gasteiger partial charge is 0.0434 e. The first kappa shape index (κ1) is 13.9.